The maximum Gasteiger partial charge on any atom is 0.309 e. The van der Waals surface area contributed by atoms with Crippen molar-refractivity contribution in [2.75, 3.05) is 33.8 Å². The number of hydrogen-bond acceptors (Lipinski definition) is 5. The fourth-order valence-electron chi connectivity index (χ4n) is 2.04. The average Bonchev–Trinajstić information content (AvgIpc) is 2.74. The van der Waals surface area contributed by atoms with Crippen LogP contribution in [-0.4, -0.2) is 61.4 Å². The van der Waals surface area contributed by atoms with E-state index in [-0.39, 0.29) is 30.2 Å². The van der Waals surface area contributed by atoms with Crippen LogP contribution in [0.2, 0.25) is 0 Å². The van der Waals surface area contributed by atoms with E-state index in [2.05, 4.69) is 4.74 Å². The highest BCUT2D eigenvalue weighted by Gasteiger charge is 2.27. The second kappa shape index (κ2) is 6.49. The molecule has 0 aliphatic carbocycles. The first-order chi connectivity index (χ1) is 8.45. The summed E-state index contributed by atoms with van der Waals surface area (Å²) in [6, 6.07) is 0. The van der Waals surface area contributed by atoms with Crippen molar-refractivity contribution in [1.29, 1.82) is 0 Å². The smallest absolute Gasteiger partial charge is 0.309 e. The molecule has 0 aromatic heterocycles. The number of rotatable bonds is 5. The predicted octanol–water partition coefficient (Wildman–Crippen LogP) is -0.124. The number of amides is 2. The Morgan fingerprint density at radius 2 is 2.17 bits per heavy atom. The fraction of sp³-hybridized carbons (Fsp3) is 0.750. The molecule has 2 amide bonds. The second-order valence-corrected chi connectivity index (χ2v) is 4.66. The van der Waals surface area contributed by atoms with E-state index < -0.39 is 0 Å². The second-order valence-electron chi connectivity index (χ2n) is 4.66. The third-order valence-corrected chi connectivity index (χ3v) is 2.97. The van der Waals surface area contributed by atoms with Crippen molar-refractivity contribution < 1.29 is 19.1 Å². The number of likely N-dealkylation sites (tertiary alicyclic amines) is 1. The number of likely N-dealkylation sites (N-methyl/N-ethyl adjacent to an activating group) is 1. The molecule has 1 rings (SSSR count). The van der Waals surface area contributed by atoms with Gasteiger partial charge >= 0.3 is 5.97 Å². The van der Waals surface area contributed by atoms with Gasteiger partial charge in [0.2, 0.25) is 11.8 Å². The Kier molecular flexibility index (Phi) is 5.27. The number of carbonyl (C=O) groups excluding carboxylic acids is 3. The van der Waals surface area contributed by atoms with E-state index in [1.54, 1.807) is 18.9 Å². The molecule has 1 aliphatic rings. The van der Waals surface area contributed by atoms with Crippen LogP contribution in [0.4, 0.5) is 0 Å². The molecule has 1 atom stereocenters. The Bertz CT molecular complexity index is 343. The van der Waals surface area contributed by atoms with Crippen LogP contribution in [0.15, 0.2) is 0 Å². The molecule has 0 aromatic carbocycles. The van der Waals surface area contributed by atoms with Gasteiger partial charge in [0.25, 0.3) is 0 Å². The third-order valence-electron chi connectivity index (χ3n) is 2.97. The first-order valence-electron chi connectivity index (χ1n) is 6.05. The Balaban J connectivity index is 2.40. The van der Waals surface area contributed by atoms with Gasteiger partial charge in [-0.1, -0.05) is 6.92 Å². The van der Waals surface area contributed by atoms with Crippen LogP contribution in [0.1, 0.15) is 19.8 Å². The van der Waals surface area contributed by atoms with Gasteiger partial charge in [0.05, 0.1) is 19.6 Å². The lowest BCUT2D eigenvalue weighted by Gasteiger charge is -2.22. The topological polar surface area (TPSA) is 66.9 Å². The van der Waals surface area contributed by atoms with Crippen molar-refractivity contribution >= 4 is 17.8 Å². The Hall–Kier alpha value is -1.43. The lowest BCUT2D eigenvalue weighted by Crippen LogP contribution is -2.41. The van der Waals surface area contributed by atoms with Crippen LogP contribution in [0, 0.1) is 5.92 Å². The van der Waals surface area contributed by atoms with E-state index in [0.29, 0.717) is 19.5 Å². The van der Waals surface area contributed by atoms with Crippen LogP contribution in [0.25, 0.3) is 0 Å². The molecule has 6 nitrogen and oxygen atoms in total. The Labute approximate surface area is 107 Å². The fourth-order valence-corrected chi connectivity index (χ4v) is 2.04. The molecule has 0 aromatic rings. The monoisotopic (exact) mass is 256 g/mol. The minimum atomic E-state index is -0.299. The van der Waals surface area contributed by atoms with Crippen LogP contribution in [-0.2, 0) is 19.1 Å². The molecule has 1 heterocycles. The number of carbonyl (C=O) groups is 3. The summed E-state index contributed by atoms with van der Waals surface area (Å²) in [5, 5.41) is 0. The molecule has 6 heteroatoms. The summed E-state index contributed by atoms with van der Waals surface area (Å²) in [5.74, 6) is -0.889. The lowest BCUT2D eigenvalue weighted by atomic mass is 10.2. The molecule has 1 unspecified atom stereocenters. The first-order valence-corrected chi connectivity index (χ1v) is 6.05. The third kappa shape index (κ3) is 3.80. The largest absolute Gasteiger partial charge is 0.469 e. The van der Waals surface area contributed by atoms with Gasteiger partial charge in [0, 0.05) is 19.5 Å². The summed E-state index contributed by atoms with van der Waals surface area (Å²) in [7, 11) is 3.09. The number of methoxy groups -OCH3 is 1. The summed E-state index contributed by atoms with van der Waals surface area (Å²) in [4.78, 5) is 37.5. The highest BCUT2D eigenvalue weighted by atomic mass is 16.5. The van der Waals surface area contributed by atoms with Crippen LogP contribution >= 0.6 is 0 Å². The van der Waals surface area contributed by atoms with E-state index in [0.717, 1.165) is 6.42 Å². The van der Waals surface area contributed by atoms with E-state index >= 15 is 0 Å². The minimum Gasteiger partial charge on any atom is -0.469 e. The Morgan fingerprint density at radius 1 is 1.50 bits per heavy atom. The normalized spacial score (nSPS) is 17.1. The molecular weight excluding hydrogens is 236 g/mol. The van der Waals surface area contributed by atoms with E-state index in [4.69, 9.17) is 0 Å². The quantitative estimate of drug-likeness (QED) is 0.641. The van der Waals surface area contributed by atoms with Gasteiger partial charge in [-0.15, -0.1) is 0 Å². The van der Waals surface area contributed by atoms with Crippen LogP contribution in [0.5, 0.6) is 0 Å². The molecule has 1 aliphatic heterocycles. The minimum absolute atomic E-state index is 0.102. The van der Waals surface area contributed by atoms with Gasteiger partial charge in [-0.3, -0.25) is 24.2 Å². The van der Waals surface area contributed by atoms with Crippen molar-refractivity contribution in [3.05, 3.63) is 0 Å². The molecule has 102 valence electrons. The maximum absolute atomic E-state index is 11.8. The molecule has 0 spiro atoms. The first kappa shape index (κ1) is 14.6. The summed E-state index contributed by atoms with van der Waals surface area (Å²) < 4.78 is 4.62. The summed E-state index contributed by atoms with van der Waals surface area (Å²) >= 11 is 0. The molecule has 0 saturated carbocycles. The van der Waals surface area contributed by atoms with E-state index in [9.17, 15) is 14.4 Å². The summed E-state index contributed by atoms with van der Waals surface area (Å²) in [6.45, 7) is 2.83. The van der Waals surface area contributed by atoms with Gasteiger partial charge in [0.15, 0.2) is 0 Å². The number of hydrogen-bond donors (Lipinski definition) is 0. The van der Waals surface area contributed by atoms with Crippen molar-refractivity contribution in [1.82, 2.24) is 9.80 Å². The Morgan fingerprint density at radius 3 is 2.67 bits per heavy atom. The molecule has 18 heavy (non-hydrogen) atoms. The molecule has 1 fully saturated rings. The standard InChI is InChI=1S/C12H20N2O4/c1-9(12(17)18-3)7-13(2)8-11(16)14-6-4-5-10(14)15/h9H,4-8H2,1-3H3. The zero-order chi connectivity index (χ0) is 13.7. The molecule has 1 saturated heterocycles. The maximum atomic E-state index is 11.8. The average molecular weight is 256 g/mol. The predicted molar refractivity (Wildman–Crippen MR) is 64.6 cm³/mol. The highest BCUT2D eigenvalue weighted by molar-refractivity contribution is 5.97. The van der Waals surface area contributed by atoms with Crippen molar-refractivity contribution in [2.24, 2.45) is 5.92 Å². The number of nitrogens with zero attached hydrogens (tertiary/aromatic N) is 2. The number of imide groups is 1. The highest BCUT2D eigenvalue weighted by Crippen LogP contribution is 2.10. The number of ether oxygens (including phenoxy) is 1. The molecule has 0 radical (unpaired) electrons. The summed E-state index contributed by atoms with van der Waals surface area (Å²) in [5.41, 5.74) is 0. The van der Waals surface area contributed by atoms with Gasteiger partial charge in [0.1, 0.15) is 0 Å². The van der Waals surface area contributed by atoms with Gasteiger partial charge in [-0.05, 0) is 13.5 Å². The van der Waals surface area contributed by atoms with Crippen molar-refractivity contribution in [2.45, 2.75) is 19.8 Å². The van der Waals surface area contributed by atoms with Crippen molar-refractivity contribution in [3.8, 4) is 0 Å². The summed E-state index contributed by atoms with van der Waals surface area (Å²) in [6.07, 6.45) is 1.20. The van der Waals surface area contributed by atoms with Crippen LogP contribution in [0.3, 0.4) is 0 Å². The molecular formula is C12H20N2O4. The molecule has 0 bridgehead atoms. The van der Waals surface area contributed by atoms with E-state index in [1.165, 1.54) is 12.0 Å². The zero-order valence-corrected chi connectivity index (χ0v) is 11.1. The lowest BCUT2D eigenvalue weighted by molar-refractivity contribution is -0.147. The zero-order valence-electron chi connectivity index (χ0n) is 11.1. The van der Waals surface area contributed by atoms with Gasteiger partial charge in [-0.25, -0.2) is 0 Å². The van der Waals surface area contributed by atoms with E-state index in [1.807, 2.05) is 0 Å². The number of esters is 1. The van der Waals surface area contributed by atoms with Gasteiger partial charge in [-0.2, -0.15) is 0 Å². The molecule has 0 N–H and O–H groups in total. The van der Waals surface area contributed by atoms with Crippen molar-refractivity contribution in [3.63, 3.8) is 0 Å². The SMILES string of the molecule is COC(=O)C(C)CN(C)CC(=O)N1CCCC1=O. The van der Waals surface area contributed by atoms with Crippen LogP contribution < -0.4 is 0 Å². The van der Waals surface area contributed by atoms with Gasteiger partial charge < -0.3 is 4.74 Å².